The van der Waals surface area contributed by atoms with Gasteiger partial charge in [0, 0.05) is 43.1 Å². The van der Waals surface area contributed by atoms with Crippen LogP contribution in [0, 0.1) is 11.8 Å². The Hall–Kier alpha value is -3.42. The zero-order chi connectivity index (χ0) is 24.2. The Labute approximate surface area is 200 Å². The third-order valence-corrected chi connectivity index (χ3v) is 6.59. The van der Waals surface area contributed by atoms with Crippen LogP contribution in [0.3, 0.4) is 0 Å². The topological polar surface area (TPSA) is 96.1 Å². The second-order valence-electron chi connectivity index (χ2n) is 9.32. The normalized spacial score (nSPS) is 20.7. The van der Waals surface area contributed by atoms with Crippen LogP contribution < -0.4 is 9.47 Å². The molecule has 1 amide bonds. The van der Waals surface area contributed by atoms with E-state index in [0.717, 1.165) is 36.3 Å². The van der Waals surface area contributed by atoms with Gasteiger partial charge in [0.2, 0.25) is 5.91 Å². The quantitative estimate of drug-likeness (QED) is 0.647. The van der Waals surface area contributed by atoms with Crippen molar-refractivity contribution in [3.63, 3.8) is 0 Å². The first-order valence-corrected chi connectivity index (χ1v) is 11.7. The van der Waals surface area contributed by atoms with Crippen molar-refractivity contribution < 1.29 is 19.4 Å². The van der Waals surface area contributed by atoms with E-state index in [1.165, 1.54) is 7.11 Å². The monoisotopic (exact) mass is 464 g/mol. The highest BCUT2D eigenvalue weighted by Gasteiger charge is 2.31. The van der Waals surface area contributed by atoms with Crippen molar-refractivity contribution in [1.82, 2.24) is 4.90 Å². The van der Waals surface area contributed by atoms with Crippen molar-refractivity contribution in [1.29, 1.82) is 0 Å². The number of phenols is 1. The fourth-order valence-electron chi connectivity index (χ4n) is 5.05. The Morgan fingerprint density at radius 3 is 2.41 bits per heavy atom. The van der Waals surface area contributed by atoms with Crippen molar-refractivity contribution >= 4 is 11.6 Å². The number of piperidine rings is 1. The van der Waals surface area contributed by atoms with Gasteiger partial charge >= 0.3 is 0 Å². The molecule has 3 atom stereocenters. The Bertz CT molecular complexity index is 1090. The number of hydrogen-bond acceptors (Lipinski definition) is 7. The number of carbonyl (C=O) groups is 1. The molecule has 8 nitrogen and oxygen atoms in total. The molecular weight excluding hydrogens is 432 g/mol. The molecule has 0 aliphatic carbocycles. The molecule has 2 aromatic rings. The lowest BCUT2D eigenvalue weighted by Gasteiger charge is -2.36. The summed E-state index contributed by atoms with van der Waals surface area (Å²) in [7, 11) is 3.09. The summed E-state index contributed by atoms with van der Waals surface area (Å²) in [4.78, 5) is 15.5. The molecule has 2 aromatic carbocycles. The molecule has 0 radical (unpaired) electrons. The number of nitrogens with zero attached hydrogens (tertiary/aromatic N) is 4. The molecule has 1 fully saturated rings. The fraction of sp³-hybridized carbons (Fsp3) is 0.462. The molecule has 0 saturated carbocycles. The molecule has 0 aromatic heterocycles. The minimum Gasteiger partial charge on any atom is -0.507 e. The molecule has 0 bridgehead atoms. The van der Waals surface area contributed by atoms with Gasteiger partial charge in [-0.2, -0.15) is 5.11 Å². The van der Waals surface area contributed by atoms with Gasteiger partial charge in [0.15, 0.2) is 0 Å². The van der Waals surface area contributed by atoms with Gasteiger partial charge in [0.05, 0.1) is 19.9 Å². The fourth-order valence-corrected chi connectivity index (χ4v) is 5.05. The second-order valence-corrected chi connectivity index (χ2v) is 9.32. The van der Waals surface area contributed by atoms with E-state index in [4.69, 9.17) is 9.47 Å². The number of methoxy groups -OCH3 is 2. The third-order valence-electron chi connectivity index (χ3n) is 6.59. The lowest BCUT2D eigenvalue weighted by Crippen LogP contribution is -2.43. The van der Waals surface area contributed by atoms with Crippen LogP contribution in [0.2, 0.25) is 0 Å². The number of likely N-dealkylation sites (tertiary alicyclic amines) is 1. The maximum atomic E-state index is 13.5. The zero-order valence-corrected chi connectivity index (χ0v) is 20.2. The molecule has 1 N–H and O–H groups in total. The lowest BCUT2D eigenvalue weighted by atomic mass is 9.85. The maximum Gasteiger partial charge on any atom is 0.223 e. The van der Waals surface area contributed by atoms with E-state index in [-0.39, 0.29) is 18.1 Å². The van der Waals surface area contributed by atoms with E-state index >= 15 is 0 Å². The number of benzene rings is 2. The van der Waals surface area contributed by atoms with Crippen molar-refractivity contribution in [2.24, 2.45) is 27.3 Å². The number of amides is 1. The van der Waals surface area contributed by atoms with E-state index < -0.39 is 5.92 Å². The summed E-state index contributed by atoms with van der Waals surface area (Å²) in [6, 6.07) is 11.2. The highest BCUT2D eigenvalue weighted by atomic mass is 16.5. The molecule has 0 spiro atoms. The van der Waals surface area contributed by atoms with Crippen molar-refractivity contribution in [3.8, 4) is 17.2 Å². The van der Waals surface area contributed by atoms with Gasteiger partial charge < -0.3 is 19.5 Å². The summed E-state index contributed by atoms with van der Waals surface area (Å²) in [5.74, 6) is 1.63. The minimum atomic E-state index is -0.394. The molecule has 8 heteroatoms. The Balaban J connectivity index is 1.70. The predicted octanol–water partition coefficient (Wildman–Crippen LogP) is 4.61. The van der Waals surface area contributed by atoms with Crippen molar-refractivity contribution in [2.45, 2.75) is 32.6 Å². The number of rotatable bonds is 7. The Morgan fingerprint density at radius 1 is 1.12 bits per heavy atom. The molecule has 34 heavy (non-hydrogen) atoms. The molecule has 3 unspecified atom stereocenters. The van der Waals surface area contributed by atoms with E-state index in [0.29, 0.717) is 35.4 Å². The largest absolute Gasteiger partial charge is 0.507 e. The minimum absolute atomic E-state index is 0.0382. The Morgan fingerprint density at radius 2 is 1.82 bits per heavy atom. The van der Waals surface area contributed by atoms with Crippen LogP contribution in [-0.2, 0) is 4.79 Å². The molecular formula is C26H32N4O4. The summed E-state index contributed by atoms with van der Waals surface area (Å²) >= 11 is 0. The van der Waals surface area contributed by atoms with Crippen LogP contribution in [0.1, 0.15) is 49.3 Å². The SMILES string of the molecule is COc1cc(O)c(C(CC(=O)N2CC(C)CC(C)C2)c2ccc(C3=NN=NC3)cc2)c(OC)c1. The van der Waals surface area contributed by atoms with Crippen molar-refractivity contribution in [3.05, 3.63) is 53.1 Å². The second kappa shape index (κ2) is 10.2. The average Bonchev–Trinajstić information content (AvgIpc) is 3.37. The predicted molar refractivity (Wildman–Crippen MR) is 130 cm³/mol. The number of carbonyl (C=O) groups excluding carboxylic acids is 1. The van der Waals surface area contributed by atoms with Crippen LogP contribution in [-0.4, -0.2) is 55.5 Å². The molecule has 2 aliphatic heterocycles. The first kappa shape index (κ1) is 23.7. The summed E-state index contributed by atoms with van der Waals surface area (Å²) in [6.45, 7) is 6.35. The number of phenolic OH excluding ortho intramolecular Hbond substituents is 1. The zero-order valence-electron chi connectivity index (χ0n) is 20.2. The van der Waals surface area contributed by atoms with E-state index in [2.05, 4.69) is 29.3 Å². The Kier molecular flexibility index (Phi) is 7.14. The molecule has 2 aliphatic rings. The summed E-state index contributed by atoms with van der Waals surface area (Å²) in [5, 5.41) is 22.6. The van der Waals surface area contributed by atoms with Crippen LogP contribution in [0.25, 0.3) is 0 Å². The van der Waals surface area contributed by atoms with E-state index in [1.54, 1.807) is 19.2 Å². The molecule has 180 valence electrons. The van der Waals surface area contributed by atoms with Gasteiger partial charge in [-0.3, -0.25) is 4.79 Å². The maximum absolute atomic E-state index is 13.5. The number of ether oxygens (including phenoxy) is 2. The van der Waals surface area contributed by atoms with E-state index in [9.17, 15) is 9.90 Å². The molecule has 2 heterocycles. The molecule has 1 saturated heterocycles. The van der Waals surface area contributed by atoms with Gasteiger partial charge in [-0.05, 0) is 34.6 Å². The highest BCUT2D eigenvalue weighted by Crippen LogP contribution is 2.43. The average molecular weight is 465 g/mol. The third kappa shape index (κ3) is 5.05. The van der Waals surface area contributed by atoms with Crippen LogP contribution >= 0.6 is 0 Å². The van der Waals surface area contributed by atoms with Gasteiger partial charge in [-0.15, -0.1) is 5.10 Å². The first-order valence-electron chi connectivity index (χ1n) is 11.7. The smallest absolute Gasteiger partial charge is 0.223 e. The first-order chi connectivity index (χ1) is 16.4. The van der Waals surface area contributed by atoms with Crippen LogP contribution in [0.5, 0.6) is 17.2 Å². The molecule has 4 rings (SSSR count). The van der Waals surface area contributed by atoms with Gasteiger partial charge in [-0.25, -0.2) is 0 Å². The summed E-state index contributed by atoms with van der Waals surface area (Å²) < 4.78 is 10.9. The van der Waals surface area contributed by atoms with Crippen LogP contribution in [0.4, 0.5) is 0 Å². The van der Waals surface area contributed by atoms with Gasteiger partial charge in [-0.1, -0.05) is 38.1 Å². The van der Waals surface area contributed by atoms with E-state index in [1.807, 2.05) is 29.2 Å². The van der Waals surface area contributed by atoms with Crippen LogP contribution in [0.15, 0.2) is 51.8 Å². The number of hydrogen-bond donors (Lipinski definition) is 1. The summed E-state index contributed by atoms with van der Waals surface area (Å²) in [5.41, 5.74) is 3.22. The lowest BCUT2D eigenvalue weighted by molar-refractivity contribution is -0.134. The highest BCUT2D eigenvalue weighted by molar-refractivity contribution is 6.02. The van der Waals surface area contributed by atoms with Crippen molar-refractivity contribution in [2.75, 3.05) is 33.9 Å². The van der Waals surface area contributed by atoms with Gasteiger partial charge in [0.25, 0.3) is 0 Å². The number of aromatic hydroxyl groups is 1. The standard InChI is InChI=1S/C26H32N4O4/c1-16-9-17(2)15-30(14-16)25(32)12-21(26-23(31)10-20(33-3)11-24(26)34-4)18-5-7-19(8-6-18)22-13-27-29-28-22/h5-8,10-11,16-17,21,31H,9,12-15H2,1-4H3. The summed E-state index contributed by atoms with van der Waals surface area (Å²) in [6.07, 6.45) is 1.35. The van der Waals surface area contributed by atoms with Gasteiger partial charge in [0.1, 0.15) is 23.8 Å².